The molecule has 106 valence electrons. The zero-order valence-corrected chi connectivity index (χ0v) is 10.1. The Kier molecular flexibility index (Phi) is 3.83. The summed E-state index contributed by atoms with van der Waals surface area (Å²) >= 11 is 0. The van der Waals surface area contributed by atoms with Crippen LogP contribution in [0, 0.1) is 5.82 Å². The molecule has 0 atom stereocenters. The minimum absolute atomic E-state index is 0.0172. The van der Waals surface area contributed by atoms with Crippen LogP contribution in [0.4, 0.5) is 17.6 Å². The van der Waals surface area contributed by atoms with Gasteiger partial charge in [-0.2, -0.15) is 13.2 Å². The van der Waals surface area contributed by atoms with E-state index in [0.29, 0.717) is 0 Å². The second-order valence-corrected chi connectivity index (χ2v) is 4.09. The van der Waals surface area contributed by atoms with E-state index >= 15 is 0 Å². The largest absolute Gasteiger partial charge is 0.507 e. The molecule has 0 aliphatic heterocycles. The van der Waals surface area contributed by atoms with Crippen molar-refractivity contribution in [3.63, 3.8) is 0 Å². The first-order chi connectivity index (χ1) is 9.36. The van der Waals surface area contributed by atoms with Crippen molar-refractivity contribution >= 4 is 0 Å². The molecule has 20 heavy (non-hydrogen) atoms. The molecule has 1 N–H and O–H groups in total. The first-order valence-corrected chi connectivity index (χ1v) is 5.64. The highest BCUT2D eigenvalue weighted by atomic mass is 19.4. The number of phenols is 1. The monoisotopic (exact) mass is 286 g/mol. The molecule has 0 spiro atoms. The van der Waals surface area contributed by atoms with Gasteiger partial charge in [-0.05, 0) is 30.3 Å². The van der Waals surface area contributed by atoms with E-state index < -0.39 is 17.6 Å². The molecular formula is C14H10F4O2. The van der Waals surface area contributed by atoms with Crippen molar-refractivity contribution in [1.29, 1.82) is 0 Å². The predicted molar refractivity (Wildman–Crippen MR) is 63.8 cm³/mol. The molecule has 2 aromatic carbocycles. The highest BCUT2D eigenvalue weighted by Crippen LogP contribution is 2.31. The van der Waals surface area contributed by atoms with E-state index in [1.165, 1.54) is 18.2 Å². The van der Waals surface area contributed by atoms with E-state index in [-0.39, 0.29) is 23.7 Å². The maximum atomic E-state index is 12.8. The van der Waals surface area contributed by atoms with E-state index in [1.54, 1.807) is 0 Å². The minimum Gasteiger partial charge on any atom is -0.507 e. The van der Waals surface area contributed by atoms with Gasteiger partial charge in [-0.3, -0.25) is 0 Å². The van der Waals surface area contributed by atoms with Gasteiger partial charge in [0.1, 0.15) is 23.9 Å². The Labute approximate surface area is 112 Å². The smallest absolute Gasteiger partial charge is 0.416 e. The third kappa shape index (κ3) is 3.40. The first kappa shape index (κ1) is 14.2. The molecule has 0 fully saturated rings. The molecule has 0 heterocycles. The lowest BCUT2D eigenvalue weighted by Crippen LogP contribution is -2.05. The Morgan fingerprint density at radius 1 is 1.05 bits per heavy atom. The SMILES string of the molecule is Oc1cc(F)ccc1COc1cccc(C(F)(F)F)c1. The number of phenolic OH excluding ortho intramolecular Hbond substituents is 1. The molecule has 0 radical (unpaired) electrons. The molecule has 0 saturated heterocycles. The lowest BCUT2D eigenvalue weighted by Gasteiger charge is -2.11. The summed E-state index contributed by atoms with van der Waals surface area (Å²) in [6.45, 7) is -0.159. The molecule has 2 nitrogen and oxygen atoms in total. The van der Waals surface area contributed by atoms with Crippen LogP contribution >= 0.6 is 0 Å². The molecule has 2 rings (SSSR count). The average molecular weight is 286 g/mol. The summed E-state index contributed by atoms with van der Waals surface area (Å²) in [6.07, 6.45) is -4.45. The summed E-state index contributed by atoms with van der Waals surface area (Å²) in [7, 11) is 0. The van der Waals surface area contributed by atoms with Gasteiger partial charge in [0, 0.05) is 11.6 Å². The van der Waals surface area contributed by atoms with Gasteiger partial charge < -0.3 is 9.84 Å². The summed E-state index contributed by atoms with van der Waals surface area (Å²) < 4.78 is 55.4. The maximum absolute atomic E-state index is 12.8. The number of aromatic hydroxyl groups is 1. The fourth-order valence-corrected chi connectivity index (χ4v) is 1.58. The van der Waals surface area contributed by atoms with Gasteiger partial charge in [0.05, 0.1) is 5.56 Å². The summed E-state index contributed by atoms with van der Waals surface area (Å²) in [5.41, 5.74) is -0.540. The van der Waals surface area contributed by atoms with Crippen molar-refractivity contribution in [3.8, 4) is 11.5 Å². The third-order valence-electron chi connectivity index (χ3n) is 2.60. The summed E-state index contributed by atoms with van der Waals surface area (Å²) in [5.74, 6) is -0.897. The molecule has 6 heteroatoms. The van der Waals surface area contributed by atoms with E-state index in [4.69, 9.17) is 4.74 Å². The lowest BCUT2D eigenvalue weighted by molar-refractivity contribution is -0.137. The van der Waals surface area contributed by atoms with E-state index in [1.807, 2.05) is 0 Å². The fourth-order valence-electron chi connectivity index (χ4n) is 1.58. The summed E-state index contributed by atoms with van der Waals surface area (Å²) in [6, 6.07) is 7.73. The average Bonchev–Trinajstić information content (AvgIpc) is 2.37. The molecule has 0 saturated carbocycles. The molecule has 2 aromatic rings. The Morgan fingerprint density at radius 2 is 1.80 bits per heavy atom. The Morgan fingerprint density at radius 3 is 2.45 bits per heavy atom. The first-order valence-electron chi connectivity index (χ1n) is 5.64. The molecular weight excluding hydrogens is 276 g/mol. The predicted octanol–water partition coefficient (Wildman–Crippen LogP) is 4.13. The van der Waals surface area contributed by atoms with Crippen LogP contribution in [0.25, 0.3) is 0 Å². The Bertz CT molecular complexity index is 608. The van der Waals surface area contributed by atoms with Crippen molar-refractivity contribution in [3.05, 3.63) is 59.4 Å². The van der Waals surface area contributed by atoms with Crippen LogP contribution in [0.15, 0.2) is 42.5 Å². The van der Waals surface area contributed by atoms with Gasteiger partial charge in [-0.1, -0.05) is 6.07 Å². The summed E-state index contributed by atoms with van der Waals surface area (Å²) in [4.78, 5) is 0. The highest BCUT2D eigenvalue weighted by Gasteiger charge is 2.30. The van der Waals surface area contributed by atoms with Gasteiger partial charge in [-0.15, -0.1) is 0 Å². The van der Waals surface area contributed by atoms with Crippen molar-refractivity contribution in [2.24, 2.45) is 0 Å². The van der Waals surface area contributed by atoms with Crippen LogP contribution in [-0.4, -0.2) is 5.11 Å². The number of hydrogen-bond donors (Lipinski definition) is 1. The standard InChI is InChI=1S/C14H10F4O2/c15-11-5-4-9(13(19)7-11)8-20-12-3-1-2-10(6-12)14(16,17)18/h1-7,19H,8H2. The third-order valence-corrected chi connectivity index (χ3v) is 2.60. The molecule has 0 bridgehead atoms. The fraction of sp³-hybridized carbons (Fsp3) is 0.143. The van der Waals surface area contributed by atoms with E-state index in [9.17, 15) is 22.7 Å². The second kappa shape index (κ2) is 5.40. The topological polar surface area (TPSA) is 29.5 Å². The number of halogens is 4. The molecule has 0 aliphatic rings. The van der Waals surface area contributed by atoms with Crippen LogP contribution in [0.5, 0.6) is 11.5 Å². The van der Waals surface area contributed by atoms with E-state index in [0.717, 1.165) is 24.3 Å². The molecule has 0 aliphatic carbocycles. The zero-order valence-electron chi connectivity index (χ0n) is 10.1. The Hall–Kier alpha value is -2.24. The molecule has 0 amide bonds. The van der Waals surface area contributed by atoms with Gasteiger partial charge in [0.25, 0.3) is 0 Å². The lowest BCUT2D eigenvalue weighted by atomic mass is 10.2. The van der Waals surface area contributed by atoms with E-state index in [2.05, 4.69) is 0 Å². The van der Waals surface area contributed by atoms with Gasteiger partial charge in [-0.25, -0.2) is 4.39 Å². The van der Waals surface area contributed by atoms with Gasteiger partial charge in [0.2, 0.25) is 0 Å². The second-order valence-electron chi connectivity index (χ2n) is 4.09. The zero-order chi connectivity index (χ0) is 14.8. The van der Waals surface area contributed by atoms with Crippen LogP contribution in [0.2, 0.25) is 0 Å². The number of hydrogen-bond acceptors (Lipinski definition) is 2. The number of ether oxygens (including phenoxy) is 1. The quantitative estimate of drug-likeness (QED) is 0.860. The number of benzene rings is 2. The van der Waals surface area contributed by atoms with Crippen molar-refractivity contribution in [2.75, 3.05) is 0 Å². The normalized spacial score (nSPS) is 11.4. The maximum Gasteiger partial charge on any atom is 0.416 e. The van der Waals surface area contributed by atoms with Crippen molar-refractivity contribution < 1.29 is 27.4 Å². The van der Waals surface area contributed by atoms with Crippen molar-refractivity contribution in [2.45, 2.75) is 12.8 Å². The Balaban J connectivity index is 2.11. The van der Waals surface area contributed by atoms with Gasteiger partial charge >= 0.3 is 6.18 Å². The van der Waals surface area contributed by atoms with Crippen LogP contribution in [0.3, 0.4) is 0 Å². The van der Waals surface area contributed by atoms with Crippen LogP contribution < -0.4 is 4.74 Å². The minimum atomic E-state index is -4.45. The number of rotatable bonds is 3. The van der Waals surface area contributed by atoms with Gasteiger partial charge in [0.15, 0.2) is 0 Å². The highest BCUT2D eigenvalue weighted by molar-refractivity contribution is 5.34. The number of alkyl halides is 3. The van der Waals surface area contributed by atoms with Crippen LogP contribution in [0.1, 0.15) is 11.1 Å². The summed E-state index contributed by atoms with van der Waals surface area (Å²) in [5, 5.41) is 9.45. The molecule has 0 unspecified atom stereocenters. The van der Waals surface area contributed by atoms with Crippen LogP contribution in [-0.2, 0) is 12.8 Å². The van der Waals surface area contributed by atoms with Crippen molar-refractivity contribution in [1.82, 2.24) is 0 Å². The molecule has 0 aromatic heterocycles.